The number of fused-ring (bicyclic) bond motifs is 1. The van der Waals surface area contributed by atoms with Gasteiger partial charge in [0.05, 0.1) is 32.9 Å². The number of imide groups is 1. The van der Waals surface area contributed by atoms with Gasteiger partial charge >= 0.3 is 6.03 Å². The predicted molar refractivity (Wildman–Crippen MR) is 119 cm³/mol. The number of amides is 4. The lowest BCUT2D eigenvalue weighted by Crippen LogP contribution is -2.34. The maximum Gasteiger partial charge on any atom is 0.325 e. The Hall–Kier alpha value is -3.14. The zero-order valence-electron chi connectivity index (χ0n) is 18.1. The molecule has 1 atom stereocenters. The van der Waals surface area contributed by atoms with Crippen molar-refractivity contribution < 1.29 is 23.9 Å². The van der Waals surface area contributed by atoms with Crippen molar-refractivity contribution in [2.24, 2.45) is 0 Å². The summed E-state index contributed by atoms with van der Waals surface area (Å²) >= 11 is 1.50. The first-order valence-corrected chi connectivity index (χ1v) is 11.4. The number of hydrogen-bond donors (Lipinski definition) is 2. The van der Waals surface area contributed by atoms with E-state index >= 15 is 0 Å². The fraction of sp³-hybridized carbons (Fsp3) is 0.455. The van der Waals surface area contributed by atoms with Gasteiger partial charge in [0.15, 0.2) is 16.6 Å². The SMILES string of the molecule is COc1ccc(CN2C(=O)NC(CC(=O)Nc3nc4c(s3)CCCCC4)C2=O)cc1OC. The Labute approximate surface area is 190 Å². The van der Waals surface area contributed by atoms with E-state index in [1.54, 1.807) is 18.2 Å². The van der Waals surface area contributed by atoms with E-state index < -0.39 is 18.0 Å². The molecule has 1 fully saturated rings. The molecule has 10 heteroatoms. The molecule has 1 saturated heterocycles. The van der Waals surface area contributed by atoms with E-state index in [2.05, 4.69) is 15.6 Å². The number of nitrogens with one attached hydrogen (secondary N) is 2. The zero-order valence-corrected chi connectivity index (χ0v) is 18.9. The van der Waals surface area contributed by atoms with Gasteiger partial charge in [0.1, 0.15) is 6.04 Å². The molecule has 0 saturated carbocycles. The van der Waals surface area contributed by atoms with Gasteiger partial charge in [-0.2, -0.15) is 0 Å². The van der Waals surface area contributed by atoms with Gasteiger partial charge < -0.3 is 20.1 Å². The van der Waals surface area contributed by atoms with Crippen LogP contribution in [0.25, 0.3) is 0 Å². The minimum Gasteiger partial charge on any atom is -0.493 e. The molecule has 1 aliphatic carbocycles. The van der Waals surface area contributed by atoms with Crippen molar-refractivity contribution >= 4 is 34.3 Å². The second kappa shape index (κ2) is 9.56. The number of rotatable bonds is 7. The van der Waals surface area contributed by atoms with Crippen LogP contribution >= 0.6 is 11.3 Å². The summed E-state index contributed by atoms with van der Waals surface area (Å²) in [6.45, 7) is 0.0718. The summed E-state index contributed by atoms with van der Waals surface area (Å²) in [5.41, 5.74) is 1.77. The topological polar surface area (TPSA) is 110 Å². The van der Waals surface area contributed by atoms with Gasteiger partial charge in [-0.15, -0.1) is 11.3 Å². The third-order valence-electron chi connectivity index (χ3n) is 5.63. The van der Waals surface area contributed by atoms with E-state index in [-0.39, 0.29) is 18.9 Å². The first-order valence-electron chi connectivity index (χ1n) is 10.6. The summed E-state index contributed by atoms with van der Waals surface area (Å²) in [6.07, 6.45) is 5.24. The van der Waals surface area contributed by atoms with Crippen molar-refractivity contribution in [3.63, 3.8) is 0 Å². The first-order chi connectivity index (χ1) is 15.5. The number of anilines is 1. The smallest absolute Gasteiger partial charge is 0.325 e. The van der Waals surface area contributed by atoms with E-state index in [0.29, 0.717) is 22.2 Å². The molecule has 2 aliphatic rings. The van der Waals surface area contributed by atoms with Crippen molar-refractivity contribution in [2.45, 2.75) is 51.1 Å². The molecular formula is C22H26N4O5S. The van der Waals surface area contributed by atoms with Crippen LogP contribution in [0.1, 0.15) is 41.8 Å². The van der Waals surface area contributed by atoms with Crippen LogP contribution in [-0.4, -0.2) is 48.0 Å². The maximum absolute atomic E-state index is 12.8. The maximum atomic E-state index is 12.8. The van der Waals surface area contributed by atoms with Gasteiger partial charge in [-0.25, -0.2) is 9.78 Å². The van der Waals surface area contributed by atoms with E-state index in [1.807, 2.05) is 0 Å². The Bertz CT molecular complexity index is 1010. The second-order valence-electron chi connectivity index (χ2n) is 7.82. The molecule has 1 aliphatic heterocycles. The Kier molecular flexibility index (Phi) is 6.59. The molecule has 0 radical (unpaired) electrons. The molecular weight excluding hydrogens is 432 g/mol. The highest BCUT2D eigenvalue weighted by molar-refractivity contribution is 7.15. The Morgan fingerprint density at radius 2 is 1.97 bits per heavy atom. The van der Waals surface area contributed by atoms with E-state index in [4.69, 9.17) is 9.47 Å². The lowest BCUT2D eigenvalue weighted by Gasteiger charge is -2.15. The number of aromatic nitrogens is 1. The summed E-state index contributed by atoms with van der Waals surface area (Å²) in [4.78, 5) is 44.5. The van der Waals surface area contributed by atoms with Crippen molar-refractivity contribution in [3.05, 3.63) is 34.3 Å². The number of urea groups is 1. The quantitative estimate of drug-likeness (QED) is 0.488. The van der Waals surface area contributed by atoms with Crippen molar-refractivity contribution in [2.75, 3.05) is 19.5 Å². The summed E-state index contributed by atoms with van der Waals surface area (Å²) in [6, 6.07) is 3.76. The van der Waals surface area contributed by atoms with Crippen LogP contribution in [0.5, 0.6) is 11.5 Å². The monoisotopic (exact) mass is 458 g/mol. The molecule has 1 aromatic carbocycles. The van der Waals surface area contributed by atoms with E-state index in [1.165, 1.54) is 36.9 Å². The van der Waals surface area contributed by atoms with Gasteiger partial charge in [0.25, 0.3) is 5.91 Å². The molecule has 0 bridgehead atoms. The molecule has 1 aromatic heterocycles. The van der Waals surface area contributed by atoms with Crippen molar-refractivity contribution in [1.29, 1.82) is 0 Å². The van der Waals surface area contributed by atoms with Gasteiger partial charge in [-0.3, -0.25) is 14.5 Å². The van der Waals surface area contributed by atoms with Crippen molar-refractivity contribution in [3.8, 4) is 11.5 Å². The number of benzene rings is 1. The molecule has 2 N–H and O–H groups in total. The van der Waals surface area contributed by atoms with Crippen LogP contribution in [-0.2, 0) is 29.0 Å². The van der Waals surface area contributed by atoms with Crippen LogP contribution in [0.3, 0.4) is 0 Å². The normalized spacial score (nSPS) is 18.1. The highest BCUT2D eigenvalue weighted by Crippen LogP contribution is 2.30. The summed E-state index contributed by atoms with van der Waals surface area (Å²) in [7, 11) is 3.05. The number of carbonyl (C=O) groups is 3. The van der Waals surface area contributed by atoms with E-state index in [9.17, 15) is 14.4 Å². The molecule has 4 rings (SSSR count). The number of carbonyl (C=O) groups excluding carboxylic acids is 3. The number of ether oxygens (including phenoxy) is 2. The molecule has 2 aromatic rings. The molecule has 32 heavy (non-hydrogen) atoms. The molecule has 170 valence electrons. The minimum absolute atomic E-state index is 0.0718. The van der Waals surface area contributed by atoms with Gasteiger partial charge in [0, 0.05) is 4.88 Å². The minimum atomic E-state index is -0.902. The van der Waals surface area contributed by atoms with Crippen LogP contribution in [0.15, 0.2) is 18.2 Å². The zero-order chi connectivity index (χ0) is 22.7. The van der Waals surface area contributed by atoms with E-state index in [0.717, 1.165) is 36.3 Å². The lowest BCUT2D eigenvalue weighted by molar-refractivity contribution is -0.130. The third-order valence-corrected chi connectivity index (χ3v) is 6.70. The Morgan fingerprint density at radius 1 is 1.19 bits per heavy atom. The summed E-state index contributed by atoms with van der Waals surface area (Å²) < 4.78 is 10.5. The second-order valence-corrected chi connectivity index (χ2v) is 8.90. The van der Waals surface area contributed by atoms with Crippen molar-refractivity contribution in [1.82, 2.24) is 15.2 Å². The van der Waals surface area contributed by atoms with Crippen LogP contribution in [0.4, 0.5) is 9.93 Å². The number of aryl methyl sites for hydroxylation is 2. The standard InChI is InChI=1S/C22H26N4O5S/c1-30-16-9-8-13(10-17(16)31-2)12-26-20(28)15(24-22(26)29)11-19(27)25-21-23-14-6-4-3-5-7-18(14)32-21/h8-10,15H,3-7,11-12H2,1-2H3,(H,24,29)(H,23,25,27). The molecule has 9 nitrogen and oxygen atoms in total. The van der Waals surface area contributed by atoms with Crippen LogP contribution < -0.4 is 20.1 Å². The molecule has 4 amide bonds. The van der Waals surface area contributed by atoms with Crippen LogP contribution in [0.2, 0.25) is 0 Å². The first kappa shape index (κ1) is 22.1. The average Bonchev–Trinajstić information content (AvgIpc) is 3.18. The Balaban J connectivity index is 1.37. The largest absolute Gasteiger partial charge is 0.493 e. The summed E-state index contributed by atoms with van der Waals surface area (Å²) in [5.74, 6) is 0.285. The number of nitrogens with zero attached hydrogens (tertiary/aromatic N) is 2. The highest BCUT2D eigenvalue weighted by Gasteiger charge is 2.39. The molecule has 0 spiro atoms. The van der Waals surface area contributed by atoms with Gasteiger partial charge in [-0.05, 0) is 43.4 Å². The average molecular weight is 459 g/mol. The van der Waals surface area contributed by atoms with Gasteiger partial charge in [0.2, 0.25) is 5.91 Å². The predicted octanol–water partition coefficient (Wildman–Crippen LogP) is 2.88. The lowest BCUT2D eigenvalue weighted by atomic mass is 10.1. The summed E-state index contributed by atoms with van der Waals surface area (Å²) in [5, 5.41) is 5.95. The Morgan fingerprint density at radius 3 is 2.75 bits per heavy atom. The van der Waals surface area contributed by atoms with Crippen LogP contribution in [0, 0.1) is 0 Å². The fourth-order valence-corrected chi connectivity index (χ4v) is 5.03. The third kappa shape index (κ3) is 4.69. The van der Waals surface area contributed by atoms with Gasteiger partial charge in [-0.1, -0.05) is 12.5 Å². The highest BCUT2D eigenvalue weighted by atomic mass is 32.1. The molecule has 2 heterocycles. The fourth-order valence-electron chi connectivity index (χ4n) is 3.96. The number of thiazole rings is 1. The number of hydrogen-bond acceptors (Lipinski definition) is 7. The number of methoxy groups -OCH3 is 2. The molecule has 1 unspecified atom stereocenters.